The molecule has 0 radical (unpaired) electrons. The fourth-order valence-electron chi connectivity index (χ4n) is 4.54. The first-order chi connectivity index (χ1) is 18.8. The molecule has 0 aromatic heterocycles. The van der Waals surface area contributed by atoms with E-state index in [-0.39, 0.29) is 24.7 Å². The van der Waals surface area contributed by atoms with E-state index in [0.717, 1.165) is 0 Å². The summed E-state index contributed by atoms with van der Waals surface area (Å²) in [6.07, 6.45) is -0.768. The zero-order valence-corrected chi connectivity index (χ0v) is 21.5. The lowest BCUT2D eigenvalue weighted by Crippen LogP contribution is -2.33. The largest absolute Gasteiger partial charge is 0.508 e. The normalized spacial score (nSPS) is 13.8. The maximum Gasteiger partial charge on any atom is 0.508 e. The van der Waals surface area contributed by atoms with Gasteiger partial charge < -0.3 is 44.5 Å². The summed E-state index contributed by atoms with van der Waals surface area (Å²) < 4.78 is 26.5. The summed E-state index contributed by atoms with van der Waals surface area (Å²) in [6, 6.07) is 14.4. The predicted octanol–water partition coefficient (Wildman–Crippen LogP) is 3.75. The Morgan fingerprint density at radius 3 is 2.28 bits per heavy atom. The first-order valence-electron chi connectivity index (χ1n) is 11.9. The predicted molar refractivity (Wildman–Crippen MR) is 141 cm³/mol. The highest BCUT2D eigenvalue weighted by Gasteiger charge is 2.53. The van der Waals surface area contributed by atoms with Crippen LogP contribution in [0.25, 0.3) is 0 Å². The van der Waals surface area contributed by atoms with Crippen molar-refractivity contribution in [2.45, 2.75) is 5.60 Å². The van der Waals surface area contributed by atoms with Crippen molar-refractivity contribution in [1.29, 1.82) is 0 Å². The minimum Gasteiger partial charge on any atom is -0.508 e. The Hall–Kier alpha value is -4.55. The number of phenols is 2. The van der Waals surface area contributed by atoms with E-state index in [1.165, 1.54) is 31.4 Å². The molecule has 0 aliphatic carbocycles. The number of benzene rings is 3. The summed E-state index contributed by atoms with van der Waals surface area (Å²) in [5, 5.41) is 26.4. The summed E-state index contributed by atoms with van der Waals surface area (Å²) in [5.41, 5.74) is 1.24. The van der Waals surface area contributed by atoms with E-state index < -0.39 is 17.7 Å². The molecular formula is C27H24N2O9S. The van der Waals surface area contributed by atoms with Crippen LogP contribution in [-0.2, 0) is 24.5 Å². The molecule has 2 aliphatic rings. The number of nitrogens with one attached hydrogen (secondary N) is 2. The van der Waals surface area contributed by atoms with Gasteiger partial charge in [0, 0.05) is 41.1 Å². The lowest BCUT2D eigenvalue weighted by atomic mass is 9.77. The van der Waals surface area contributed by atoms with Crippen molar-refractivity contribution >= 4 is 35.1 Å². The molecule has 2 heterocycles. The average molecular weight is 553 g/mol. The lowest BCUT2D eigenvalue weighted by molar-refractivity contribution is 0.0224. The van der Waals surface area contributed by atoms with Gasteiger partial charge >= 0.3 is 12.1 Å². The van der Waals surface area contributed by atoms with Gasteiger partial charge in [-0.1, -0.05) is 6.07 Å². The van der Waals surface area contributed by atoms with E-state index in [2.05, 4.69) is 15.4 Å². The molecule has 12 heteroatoms. The Morgan fingerprint density at radius 2 is 1.62 bits per heavy atom. The van der Waals surface area contributed by atoms with Gasteiger partial charge in [-0.15, -0.1) is 0 Å². The molecule has 0 bridgehead atoms. The second-order valence-electron chi connectivity index (χ2n) is 8.59. The number of carbonyl (C=O) groups excluding carboxylic acids is 2. The van der Waals surface area contributed by atoms with Crippen molar-refractivity contribution in [2.24, 2.45) is 0 Å². The van der Waals surface area contributed by atoms with Crippen LogP contribution >= 0.6 is 12.2 Å². The van der Waals surface area contributed by atoms with Crippen LogP contribution in [0.15, 0.2) is 54.6 Å². The van der Waals surface area contributed by atoms with Crippen molar-refractivity contribution < 1.29 is 43.5 Å². The van der Waals surface area contributed by atoms with Gasteiger partial charge in [0.2, 0.25) is 0 Å². The highest BCUT2D eigenvalue weighted by molar-refractivity contribution is 7.80. The molecule has 11 nitrogen and oxygen atoms in total. The van der Waals surface area contributed by atoms with Crippen LogP contribution in [-0.4, -0.2) is 60.9 Å². The molecule has 0 saturated heterocycles. The maximum absolute atomic E-state index is 13.2. The second-order valence-corrected chi connectivity index (χ2v) is 9.00. The number of esters is 1. The second kappa shape index (κ2) is 10.7. The van der Waals surface area contributed by atoms with E-state index in [1.807, 2.05) is 0 Å². The minimum atomic E-state index is -1.33. The molecule has 3 aromatic carbocycles. The zero-order valence-electron chi connectivity index (χ0n) is 20.7. The number of phenolic OH excluding ortho intramolecular Hbond substituents is 2. The molecule has 0 unspecified atom stereocenters. The topological polar surface area (TPSA) is 145 Å². The molecule has 0 saturated carbocycles. The van der Waals surface area contributed by atoms with Crippen molar-refractivity contribution in [3.8, 4) is 23.0 Å². The molecule has 39 heavy (non-hydrogen) atoms. The number of carbonyl (C=O) groups is 2. The molecule has 202 valence electrons. The quantitative estimate of drug-likeness (QED) is 0.192. The number of ether oxygens (including phenoxy) is 5. The third-order valence-corrected chi connectivity index (χ3v) is 6.42. The van der Waals surface area contributed by atoms with Crippen LogP contribution in [0.1, 0.15) is 27.0 Å². The summed E-state index contributed by atoms with van der Waals surface area (Å²) in [6.45, 7) is 0.998. The van der Waals surface area contributed by atoms with Gasteiger partial charge in [0.05, 0.1) is 25.9 Å². The molecule has 0 atom stereocenters. The first-order valence-corrected chi connectivity index (χ1v) is 12.3. The summed E-state index contributed by atoms with van der Waals surface area (Å²) in [4.78, 5) is 24.1. The van der Waals surface area contributed by atoms with E-state index in [1.54, 1.807) is 30.3 Å². The van der Waals surface area contributed by atoms with E-state index in [9.17, 15) is 19.8 Å². The third-order valence-electron chi connectivity index (χ3n) is 6.18. The number of methoxy groups -OCH3 is 1. The summed E-state index contributed by atoms with van der Waals surface area (Å²) in [5.74, 6) is 0.0333. The first kappa shape index (κ1) is 26.1. The Bertz CT molecular complexity index is 1410. The van der Waals surface area contributed by atoms with Crippen molar-refractivity contribution in [2.75, 3.05) is 38.8 Å². The van der Waals surface area contributed by atoms with Crippen LogP contribution in [0.5, 0.6) is 23.0 Å². The van der Waals surface area contributed by atoms with E-state index in [4.69, 9.17) is 31.2 Å². The number of rotatable bonds is 7. The SMILES string of the molecule is COC(=O)OCCOCCNC(=S)Nc1ccc2c(c1)C(=O)OC21c2ccc(O)cc2Oc2cc(O)ccc21. The smallest absolute Gasteiger partial charge is 0.508 e. The molecule has 0 amide bonds. The van der Waals surface area contributed by atoms with Gasteiger partial charge in [0.25, 0.3) is 0 Å². The number of fused-ring (bicyclic) bond motifs is 6. The van der Waals surface area contributed by atoms with E-state index in [0.29, 0.717) is 57.7 Å². The molecule has 5 rings (SSSR count). The summed E-state index contributed by atoms with van der Waals surface area (Å²) >= 11 is 5.35. The number of anilines is 1. The Balaban J connectivity index is 1.32. The van der Waals surface area contributed by atoms with Crippen LogP contribution < -0.4 is 15.4 Å². The number of aromatic hydroxyl groups is 2. The van der Waals surface area contributed by atoms with Crippen molar-refractivity contribution in [3.63, 3.8) is 0 Å². The molecular weight excluding hydrogens is 528 g/mol. The number of thiocarbonyl (C=S) groups is 1. The number of hydrogen-bond donors (Lipinski definition) is 4. The lowest BCUT2D eigenvalue weighted by Gasteiger charge is -2.36. The van der Waals surface area contributed by atoms with Gasteiger partial charge in [-0.2, -0.15) is 0 Å². The standard InChI is InChI=1S/C27H24N2O9S/c1-34-26(33)36-11-10-35-9-8-28-25(39)29-15-2-5-19-18(12-15)24(32)38-27(19)20-6-3-16(30)13-22(20)37-23-14-17(31)4-7-21(23)27/h2-7,12-14,30-31H,8-11H2,1H3,(H2,28,29,39). The van der Waals surface area contributed by atoms with Crippen LogP contribution in [0.3, 0.4) is 0 Å². The Labute approximate surface area is 228 Å². The number of hydrogen-bond acceptors (Lipinski definition) is 10. The zero-order chi connectivity index (χ0) is 27.6. The van der Waals surface area contributed by atoms with Gasteiger partial charge in [0.1, 0.15) is 29.6 Å². The Morgan fingerprint density at radius 1 is 0.949 bits per heavy atom. The molecule has 2 aliphatic heterocycles. The average Bonchev–Trinajstić information content (AvgIpc) is 3.19. The molecule has 1 spiro atoms. The fourth-order valence-corrected chi connectivity index (χ4v) is 4.76. The minimum absolute atomic E-state index is 0.0162. The molecule has 4 N–H and O–H groups in total. The van der Waals surface area contributed by atoms with E-state index >= 15 is 0 Å². The maximum atomic E-state index is 13.2. The highest BCUT2D eigenvalue weighted by atomic mass is 32.1. The van der Waals surface area contributed by atoms with Gasteiger partial charge in [0.15, 0.2) is 10.7 Å². The highest BCUT2D eigenvalue weighted by Crippen LogP contribution is 2.57. The van der Waals surface area contributed by atoms with Gasteiger partial charge in [-0.3, -0.25) is 0 Å². The fraction of sp³-hybridized carbons (Fsp3) is 0.222. The molecule has 3 aromatic rings. The van der Waals surface area contributed by atoms with Crippen LogP contribution in [0.2, 0.25) is 0 Å². The molecule has 0 fully saturated rings. The van der Waals surface area contributed by atoms with Crippen molar-refractivity contribution in [3.05, 3.63) is 76.9 Å². The van der Waals surface area contributed by atoms with Gasteiger partial charge in [-0.05, 0) is 48.6 Å². The monoisotopic (exact) mass is 552 g/mol. The van der Waals surface area contributed by atoms with Gasteiger partial charge in [-0.25, -0.2) is 9.59 Å². The third kappa shape index (κ3) is 4.99. The van der Waals surface area contributed by atoms with Crippen molar-refractivity contribution in [1.82, 2.24) is 5.32 Å². The van der Waals surface area contributed by atoms with Crippen LogP contribution in [0, 0.1) is 0 Å². The Kier molecular flexibility index (Phi) is 7.13. The summed E-state index contributed by atoms with van der Waals surface area (Å²) in [7, 11) is 1.23. The van der Waals surface area contributed by atoms with Crippen LogP contribution in [0.4, 0.5) is 10.5 Å².